The number of fused-ring (bicyclic) bond motifs is 1. The van der Waals surface area contributed by atoms with Crippen LogP contribution in [0.1, 0.15) is 15.9 Å². The molecule has 0 aliphatic carbocycles. The van der Waals surface area contributed by atoms with Gasteiger partial charge in [-0.1, -0.05) is 0 Å². The van der Waals surface area contributed by atoms with Crippen molar-refractivity contribution >= 4 is 33.1 Å². The van der Waals surface area contributed by atoms with E-state index in [-0.39, 0.29) is 22.6 Å². The first kappa shape index (κ1) is 16.8. The number of rotatable bonds is 3. The molecule has 0 bridgehead atoms. The molecule has 8 heteroatoms. The van der Waals surface area contributed by atoms with Gasteiger partial charge in [0.2, 0.25) is 5.43 Å². The fraction of sp³-hybridized carbons (Fsp3) is 0.375. The molecule has 1 aromatic heterocycles. The zero-order valence-corrected chi connectivity index (χ0v) is 13.9. The van der Waals surface area contributed by atoms with E-state index < -0.39 is 17.2 Å². The van der Waals surface area contributed by atoms with Gasteiger partial charge < -0.3 is 20.5 Å². The van der Waals surface area contributed by atoms with Gasteiger partial charge in [0.05, 0.1) is 24.9 Å². The van der Waals surface area contributed by atoms with Crippen molar-refractivity contribution in [1.29, 1.82) is 0 Å². The van der Waals surface area contributed by atoms with Crippen molar-refractivity contribution in [1.82, 2.24) is 0 Å². The Labute approximate surface area is 141 Å². The zero-order chi connectivity index (χ0) is 17.4. The molecule has 0 radical (unpaired) electrons. The first-order valence-electron chi connectivity index (χ1n) is 7.48. The molecule has 2 aromatic rings. The topological polar surface area (TPSA) is 92.9 Å². The van der Waals surface area contributed by atoms with E-state index in [9.17, 15) is 14.0 Å². The maximum absolute atomic E-state index is 14.9. The van der Waals surface area contributed by atoms with Crippen LogP contribution in [0.25, 0.3) is 10.1 Å². The maximum atomic E-state index is 14.9. The highest BCUT2D eigenvalue weighted by Crippen LogP contribution is 2.32. The van der Waals surface area contributed by atoms with Crippen molar-refractivity contribution in [3.05, 3.63) is 38.6 Å². The van der Waals surface area contributed by atoms with E-state index in [1.807, 2.05) is 4.90 Å². The van der Waals surface area contributed by atoms with E-state index in [0.717, 1.165) is 11.3 Å². The van der Waals surface area contributed by atoms with Crippen LogP contribution in [0.4, 0.5) is 10.1 Å². The molecule has 1 aliphatic rings. The van der Waals surface area contributed by atoms with Gasteiger partial charge in [0, 0.05) is 28.6 Å². The molecule has 6 nitrogen and oxygen atoms in total. The number of benzene rings is 1. The van der Waals surface area contributed by atoms with Crippen molar-refractivity contribution in [3.63, 3.8) is 0 Å². The van der Waals surface area contributed by atoms with Crippen LogP contribution in [-0.4, -0.2) is 43.4 Å². The Hall–Kier alpha value is -2.03. The molecule has 2 heterocycles. The molecule has 0 saturated carbocycles. The van der Waals surface area contributed by atoms with Gasteiger partial charge in [0.25, 0.3) is 0 Å². The third-order valence-electron chi connectivity index (χ3n) is 4.26. The molecule has 128 valence electrons. The molecule has 1 atom stereocenters. The zero-order valence-electron chi connectivity index (χ0n) is 13.0. The normalized spacial score (nSPS) is 18.1. The second kappa shape index (κ2) is 6.46. The molecule has 1 unspecified atom stereocenters. The second-order valence-electron chi connectivity index (χ2n) is 5.65. The van der Waals surface area contributed by atoms with Gasteiger partial charge in [-0.3, -0.25) is 4.79 Å². The fourth-order valence-electron chi connectivity index (χ4n) is 2.96. The standard InChI is InChI=1S/C16H17FN2O4S/c1-8-13-12(24-7-10(15(13)20)16(21)22)4-11(14(8)17)19-2-3-23-6-9(19)5-18/h4,7,9H,2-3,5-6,18H2,1H3,(H,21,22). The number of hydrogen-bond acceptors (Lipinski definition) is 6. The summed E-state index contributed by atoms with van der Waals surface area (Å²) in [5, 5.41) is 10.5. The first-order chi connectivity index (χ1) is 11.5. The third-order valence-corrected chi connectivity index (χ3v) is 5.19. The van der Waals surface area contributed by atoms with Crippen molar-refractivity contribution in [2.75, 3.05) is 31.2 Å². The van der Waals surface area contributed by atoms with Crippen LogP contribution in [-0.2, 0) is 4.74 Å². The monoisotopic (exact) mass is 352 g/mol. The smallest absolute Gasteiger partial charge is 0.340 e. The molecule has 0 amide bonds. The number of carboxylic acids is 1. The summed E-state index contributed by atoms with van der Waals surface area (Å²) in [5.74, 6) is -1.83. The van der Waals surface area contributed by atoms with E-state index in [0.29, 0.717) is 36.7 Å². The minimum Gasteiger partial charge on any atom is -0.478 e. The quantitative estimate of drug-likeness (QED) is 0.871. The molecule has 3 N–H and O–H groups in total. The third kappa shape index (κ3) is 2.66. The van der Waals surface area contributed by atoms with Gasteiger partial charge in [-0.2, -0.15) is 0 Å². The van der Waals surface area contributed by atoms with Gasteiger partial charge in [-0.05, 0) is 18.6 Å². The minimum atomic E-state index is -1.31. The van der Waals surface area contributed by atoms with Crippen LogP contribution in [0, 0.1) is 12.7 Å². The Morgan fingerprint density at radius 3 is 3.00 bits per heavy atom. The van der Waals surface area contributed by atoms with Crippen molar-refractivity contribution in [3.8, 4) is 0 Å². The largest absolute Gasteiger partial charge is 0.478 e. The minimum absolute atomic E-state index is 0.124. The van der Waals surface area contributed by atoms with Crippen molar-refractivity contribution in [2.24, 2.45) is 5.73 Å². The van der Waals surface area contributed by atoms with Crippen LogP contribution >= 0.6 is 11.3 Å². The van der Waals surface area contributed by atoms with Gasteiger partial charge in [0.15, 0.2) is 0 Å². The van der Waals surface area contributed by atoms with Crippen LogP contribution < -0.4 is 16.1 Å². The van der Waals surface area contributed by atoms with Gasteiger partial charge in [-0.25, -0.2) is 9.18 Å². The summed E-state index contributed by atoms with van der Waals surface area (Å²) in [6.45, 7) is 3.22. The molecule has 1 aliphatic heterocycles. The predicted octanol–water partition coefficient (Wildman–Crippen LogP) is 1.57. The summed E-state index contributed by atoms with van der Waals surface area (Å²) in [5.41, 5.74) is 5.29. The molecule has 1 fully saturated rings. The summed E-state index contributed by atoms with van der Waals surface area (Å²) in [6, 6.07) is 1.46. The van der Waals surface area contributed by atoms with Crippen LogP contribution in [0.3, 0.4) is 0 Å². The number of ether oxygens (including phenoxy) is 1. The molecular formula is C16H17FN2O4S. The number of aromatic carboxylic acids is 1. The number of halogens is 1. The maximum Gasteiger partial charge on any atom is 0.340 e. The van der Waals surface area contributed by atoms with E-state index in [1.165, 1.54) is 12.3 Å². The van der Waals surface area contributed by atoms with Crippen LogP contribution in [0.15, 0.2) is 16.2 Å². The fourth-order valence-corrected chi connectivity index (χ4v) is 3.95. The number of nitrogens with two attached hydrogens (primary N) is 1. The van der Waals surface area contributed by atoms with Gasteiger partial charge >= 0.3 is 5.97 Å². The van der Waals surface area contributed by atoms with Crippen LogP contribution in [0.2, 0.25) is 0 Å². The Bertz CT molecular complexity index is 867. The number of hydrogen-bond donors (Lipinski definition) is 2. The summed E-state index contributed by atoms with van der Waals surface area (Å²) in [7, 11) is 0. The lowest BCUT2D eigenvalue weighted by Crippen LogP contribution is -2.50. The number of nitrogens with zero attached hydrogens (tertiary/aromatic N) is 1. The summed E-state index contributed by atoms with van der Waals surface area (Å²) >= 11 is 1.12. The van der Waals surface area contributed by atoms with E-state index >= 15 is 0 Å². The molecule has 1 saturated heterocycles. The highest BCUT2D eigenvalue weighted by molar-refractivity contribution is 7.16. The second-order valence-corrected chi connectivity index (χ2v) is 6.56. The highest BCUT2D eigenvalue weighted by atomic mass is 32.1. The molecular weight excluding hydrogens is 335 g/mol. The van der Waals surface area contributed by atoms with E-state index in [4.69, 9.17) is 15.6 Å². The molecule has 1 aromatic carbocycles. The number of carbonyl (C=O) groups is 1. The number of carboxylic acid groups (broad SMARTS) is 1. The molecule has 0 spiro atoms. The number of aryl methyl sites for hydroxylation is 1. The lowest BCUT2D eigenvalue weighted by molar-refractivity contribution is 0.0696. The Kier molecular flexibility index (Phi) is 4.53. The average Bonchev–Trinajstić information content (AvgIpc) is 2.57. The molecule has 24 heavy (non-hydrogen) atoms. The van der Waals surface area contributed by atoms with Gasteiger partial charge in [-0.15, -0.1) is 11.3 Å². The van der Waals surface area contributed by atoms with Gasteiger partial charge in [0.1, 0.15) is 11.4 Å². The first-order valence-corrected chi connectivity index (χ1v) is 8.36. The van der Waals surface area contributed by atoms with E-state index in [2.05, 4.69) is 0 Å². The molecule has 3 rings (SSSR count). The lowest BCUT2D eigenvalue weighted by Gasteiger charge is -2.37. The highest BCUT2D eigenvalue weighted by Gasteiger charge is 2.27. The number of morpholine rings is 1. The van der Waals surface area contributed by atoms with Crippen LogP contribution in [0.5, 0.6) is 0 Å². The Balaban J connectivity index is 2.22. The summed E-state index contributed by atoms with van der Waals surface area (Å²) in [6.07, 6.45) is 0. The Morgan fingerprint density at radius 1 is 1.58 bits per heavy atom. The average molecular weight is 352 g/mol. The van der Waals surface area contributed by atoms with Crippen molar-refractivity contribution in [2.45, 2.75) is 13.0 Å². The summed E-state index contributed by atoms with van der Waals surface area (Å²) < 4.78 is 20.9. The van der Waals surface area contributed by atoms with E-state index in [1.54, 1.807) is 6.07 Å². The number of anilines is 1. The SMILES string of the molecule is Cc1c(F)c(N2CCOCC2CN)cc2scc(C(=O)O)c(=O)c12. The van der Waals surface area contributed by atoms with Crippen molar-refractivity contribution < 1.29 is 19.0 Å². The summed E-state index contributed by atoms with van der Waals surface area (Å²) in [4.78, 5) is 25.3. The predicted molar refractivity (Wildman–Crippen MR) is 90.8 cm³/mol. The Morgan fingerprint density at radius 2 is 2.33 bits per heavy atom. The lowest BCUT2D eigenvalue weighted by atomic mass is 10.1.